The Morgan fingerprint density at radius 1 is 0.923 bits per heavy atom. The zero-order chi connectivity index (χ0) is 19.1. The van der Waals surface area contributed by atoms with E-state index in [1.807, 2.05) is 0 Å². The Balaban J connectivity index is 1.98. The molecule has 0 saturated heterocycles. The van der Waals surface area contributed by atoms with Gasteiger partial charge in [-0.1, -0.05) is 0 Å². The molecule has 0 saturated carbocycles. The second kappa shape index (κ2) is 6.19. The van der Waals surface area contributed by atoms with Crippen molar-refractivity contribution in [1.29, 1.82) is 0 Å². The molecule has 138 valence electrons. The van der Waals surface area contributed by atoms with E-state index in [2.05, 4.69) is 14.7 Å². The molecule has 0 aliphatic carbocycles. The van der Waals surface area contributed by atoms with E-state index in [1.54, 1.807) is 6.92 Å². The molecule has 0 aliphatic rings. The fourth-order valence-electron chi connectivity index (χ4n) is 2.39. The number of hydrogen-bond donors (Lipinski definition) is 0. The Labute approximate surface area is 143 Å². The van der Waals surface area contributed by atoms with Gasteiger partial charge in [-0.2, -0.15) is 26.3 Å². The van der Waals surface area contributed by atoms with Gasteiger partial charge in [-0.3, -0.25) is 4.57 Å². The van der Waals surface area contributed by atoms with Crippen LogP contribution < -0.4 is 4.74 Å². The van der Waals surface area contributed by atoms with Gasteiger partial charge in [0.2, 0.25) is 0 Å². The average Bonchev–Trinajstić information content (AvgIpc) is 2.87. The summed E-state index contributed by atoms with van der Waals surface area (Å²) >= 11 is 0. The van der Waals surface area contributed by atoms with E-state index in [9.17, 15) is 26.3 Å². The lowest BCUT2D eigenvalue weighted by Crippen LogP contribution is -2.19. The summed E-state index contributed by atoms with van der Waals surface area (Å²) in [5, 5.41) is 0. The quantitative estimate of drug-likeness (QED) is 0.624. The van der Waals surface area contributed by atoms with Gasteiger partial charge < -0.3 is 4.74 Å². The van der Waals surface area contributed by atoms with Gasteiger partial charge in [-0.25, -0.2) is 9.97 Å². The van der Waals surface area contributed by atoms with Gasteiger partial charge in [-0.05, 0) is 43.3 Å². The maximum Gasteiger partial charge on any atom is 0.433 e. The summed E-state index contributed by atoms with van der Waals surface area (Å²) in [5.74, 6) is 0.368. The maximum atomic E-state index is 12.9. The van der Waals surface area contributed by atoms with Crippen molar-refractivity contribution >= 4 is 11.2 Å². The van der Waals surface area contributed by atoms with Crippen molar-refractivity contribution in [3.63, 3.8) is 0 Å². The molecular formula is C16H11F6N3O. The first kappa shape index (κ1) is 18.0. The fraction of sp³-hybridized carbons (Fsp3) is 0.250. The predicted octanol–water partition coefficient (Wildman–Crippen LogP) is 4.69. The van der Waals surface area contributed by atoms with Crippen molar-refractivity contribution in [3.8, 4) is 11.4 Å². The first-order valence-electron chi connectivity index (χ1n) is 7.28. The maximum absolute atomic E-state index is 12.9. The van der Waals surface area contributed by atoms with Crippen LogP contribution in [-0.4, -0.2) is 27.3 Å². The summed E-state index contributed by atoms with van der Waals surface area (Å²) < 4.78 is 81.2. The number of pyridine rings is 1. The van der Waals surface area contributed by atoms with Crippen molar-refractivity contribution in [3.05, 3.63) is 47.9 Å². The van der Waals surface area contributed by atoms with Gasteiger partial charge in [0.25, 0.3) is 0 Å². The molecule has 0 radical (unpaired) electrons. The summed E-state index contributed by atoms with van der Waals surface area (Å²) in [6, 6.07) is 7.48. The summed E-state index contributed by atoms with van der Waals surface area (Å²) in [5.41, 5.74) is -0.387. The first-order valence-corrected chi connectivity index (χ1v) is 7.28. The Hall–Kier alpha value is -2.78. The lowest BCUT2D eigenvalue weighted by molar-refractivity contribution is -0.153. The van der Waals surface area contributed by atoms with Crippen LogP contribution in [0.3, 0.4) is 0 Å². The molecule has 3 aromatic rings. The predicted molar refractivity (Wildman–Crippen MR) is 80.2 cm³/mol. The molecule has 4 nitrogen and oxygen atoms in total. The molecule has 0 amide bonds. The Morgan fingerprint density at radius 2 is 1.58 bits per heavy atom. The van der Waals surface area contributed by atoms with E-state index >= 15 is 0 Å². The molecule has 2 heterocycles. The summed E-state index contributed by atoms with van der Waals surface area (Å²) in [6.45, 7) is 0.152. The van der Waals surface area contributed by atoms with Gasteiger partial charge in [0.1, 0.15) is 22.8 Å². The largest absolute Gasteiger partial charge is 0.484 e. The van der Waals surface area contributed by atoms with Crippen LogP contribution in [0.2, 0.25) is 0 Å². The molecule has 0 aliphatic heterocycles. The highest BCUT2D eigenvalue weighted by Crippen LogP contribution is 2.30. The molecule has 0 unspecified atom stereocenters. The third-order valence-electron chi connectivity index (χ3n) is 3.46. The topological polar surface area (TPSA) is 39.9 Å². The van der Waals surface area contributed by atoms with E-state index in [-0.39, 0.29) is 16.9 Å². The van der Waals surface area contributed by atoms with Crippen molar-refractivity contribution < 1.29 is 31.1 Å². The number of hydrogen-bond acceptors (Lipinski definition) is 3. The highest BCUT2D eigenvalue weighted by molar-refractivity contribution is 5.74. The SMILES string of the molecule is Cc1nc2ccc(C(F)(F)F)nc2n1-c1ccc(OCC(F)(F)F)cc1. The van der Waals surface area contributed by atoms with Crippen LogP contribution in [0.25, 0.3) is 16.9 Å². The van der Waals surface area contributed by atoms with Crippen LogP contribution >= 0.6 is 0 Å². The third-order valence-corrected chi connectivity index (χ3v) is 3.46. The number of alkyl halides is 6. The van der Waals surface area contributed by atoms with E-state index in [4.69, 9.17) is 0 Å². The van der Waals surface area contributed by atoms with E-state index < -0.39 is 24.7 Å². The van der Waals surface area contributed by atoms with Crippen molar-refractivity contribution in [2.75, 3.05) is 6.61 Å². The van der Waals surface area contributed by atoms with Crippen LogP contribution in [0.5, 0.6) is 5.75 Å². The van der Waals surface area contributed by atoms with Crippen LogP contribution in [-0.2, 0) is 6.18 Å². The minimum Gasteiger partial charge on any atom is -0.484 e. The number of nitrogens with zero attached hydrogens (tertiary/aromatic N) is 3. The minimum atomic E-state index is -4.60. The highest BCUT2D eigenvalue weighted by atomic mass is 19.4. The lowest BCUT2D eigenvalue weighted by atomic mass is 10.3. The smallest absolute Gasteiger partial charge is 0.433 e. The van der Waals surface area contributed by atoms with E-state index in [0.29, 0.717) is 11.5 Å². The van der Waals surface area contributed by atoms with Crippen molar-refractivity contribution in [1.82, 2.24) is 14.5 Å². The number of ether oxygens (including phenoxy) is 1. The van der Waals surface area contributed by atoms with E-state index in [0.717, 1.165) is 6.07 Å². The normalized spacial score (nSPS) is 12.6. The van der Waals surface area contributed by atoms with Gasteiger partial charge in [0, 0.05) is 5.69 Å². The van der Waals surface area contributed by atoms with Crippen molar-refractivity contribution in [2.45, 2.75) is 19.3 Å². The fourth-order valence-corrected chi connectivity index (χ4v) is 2.39. The van der Waals surface area contributed by atoms with Gasteiger partial charge in [0.05, 0.1) is 0 Å². The number of imidazole rings is 1. The summed E-state index contributed by atoms with van der Waals surface area (Å²) in [7, 11) is 0. The standard InChI is InChI=1S/C16H11F6N3O/c1-9-23-12-6-7-13(16(20,21)22)24-14(12)25(9)10-2-4-11(5-3-10)26-8-15(17,18)19/h2-7H,8H2,1H3. The van der Waals surface area contributed by atoms with E-state index in [1.165, 1.54) is 34.9 Å². The number of aromatic nitrogens is 3. The number of benzene rings is 1. The average molecular weight is 375 g/mol. The van der Waals surface area contributed by atoms with Gasteiger partial charge >= 0.3 is 12.4 Å². The summed E-state index contributed by atoms with van der Waals surface area (Å²) in [6.07, 6.45) is -9.07. The molecule has 1 aromatic carbocycles. The number of halogens is 6. The molecule has 0 atom stereocenters. The van der Waals surface area contributed by atoms with Crippen molar-refractivity contribution in [2.24, 2.45) is 0 Å². The van der Waals surface area contributed by atoms with Gasteiger partial charge in [0.15, 0.2) is 12.3 Å². The minimum absolute atomic E-state index is 0.00119. The Kier molecular flexibility index (Phi) is 4.29. The third kappa shape index (κ3) is 3.73. The zero-order valence-electron chi connectivity index (χ0n) is 13.2. The number of fused-ring (bicyclic) bond motifs is 1. The first-order chi connectivity index (χ1) is 12.0. The number of rotatable bonds is 3. The zero-order valence-corrected chi connectivity index (χ0v) is 13.2. The molecule has 0 spiro atoms. The molecule has 10 heteroatoms. The molecule has 0 fully saturated rings. The molecule has 0 N–H and O–H groups in total. The van der Waals surface area contributed by atoms with Gasteiger partial charge in [-0.15, -0.1) is 0 Å². The Morgan fingerprint density at radius 3 is 2.15 bits per heavy atom. The second-order valence-corrected chi connectivity index (χ2v) is 5.43. The van der Waals surface area contributed by atoms with Crippen LogP contribution in [0.1, 0.15) is 11.5 Å². The molecule has 2 aromatic heterocycles. The highest BCUT2D eigenvalue weighted by Gasteiger charge is 2.33. The second-order valence-electron chi connectivity index (χ2n) is 5.43. The Bertz CT molecular complexity index is 928. The molecule has 3 rings (SSSR count). The lowest BCUT2D eigenvalue weighted by Gasteiger charge is -2.11. The van der Waals surface area contributed by atoms with Crippen LogP contribution in [0, 0.1) is 6.92 Å². The summed E-state index contributed by atoms with van der Waals surface area (Å²) in [4.78, 5) is 7.79. The van der Waals surface area contributed by atoms with Crippen LogP contribution in [0.15, 0.2) is 36.4 Å². The molecule has 26 heavy (non-hydrogen) atoms. The molecule has 0 bridgehead atoms. The molecular weight excluding hydrogens is 364 g/mol. The van der Waals surface area contributed by atoms with Crippen LogP contribution in [0.4, 0.5) is 26.3 Å². The monoisotopic (exact) mass is 375 g/mol. The number of aryl methyl sites for hydroxylation is 1.